The Morgan fingerprint density at radius 3 is 2.88 bits per heavy atom. The average molecular weight is 128 g/mol. The van der Waals surface area contributed by atoms with Gasteiger partial charge in [0, 0.05) is 6.42 Å². The van der Waals surface area contributed by atoms with E-state index < -0.39 is 0 Å². The van der Waals surface area contributed by atoms with Crippen LogP contribution in [-0.2, 0) is 0 Å². The molecular weight excluding hydrogens is 120 g/mol. The minimum atomic E-state index is -0.309. The molecule has 0 spiro atoms. The van der Waals surface area contributed by atoms with E-state index in [1.807, 2.05) is 6.08 Å². The van der Waals surface area contributed by atoms with Crippen molar-refractivity contribution < 1.29 is 5.11 Å². The molecule has 0 saturated carbocycles. The zero-order valence-electron chi connectivity index (χ0n) is 4.50. The van der Waals surface area contributed by atoms with Crippen LogP contribution in [0.5, 0.6) is 0 Å². The number of thiocarbonyl (C=S) groups is 1. The summed E-state index contributed by atoms with van der Waals surface area (Å²) >= 11 is 4.87. The third-order valence-corrected chi connectivity index (χ3v) is 1.47. The number of hydrogen-bond donors (Lipinski definition) is 1. The molecule has 8 heavy (non-hydrogen) atoms. The van der Waals surface area contributed by atoms with Crippen molar-refractivity contribution >= 4 is 17.1 Å². The van der Waals surface area contributed by atoms with Crippen molar-refractivity contribution in [1.29, 1.82) is 0 Å². The van der Waals surface area contributed by atoms with Crippen LogP contribution < -0.4 is 0 Å². The summed E-state index contributed by atoms with van der Waals surface area (Å²) in [4.78, 5) is 0.958. The molecule has 1 rings (SSSR count). The van der Waals surface area contributed by atoms with E-state index in [1.54, 1.807) is 6.08 Å². The number of aliphatic hydroxyl groups is 1. The summed E-state index contributed by atoms with van der Waals surface area (Å²) in [5.74, 6) is 0. The van der Waals surface area contributed by atoms with E-state index >= 15 is 0 Å². The SMILES string of the molecule is OC1C=CCC(=S)C1. The van der Waals surface area contributed by atoms with Crippen LogP contribution in [-0.4, -0.2) is 16.1 Å². The van der Waals surface area contributed by atoms with Gasteiger partial charge in [-0.1, -0.05) is 24.4 Å². The summed E-state index contributed by atoms with van der Waals surface area (Å²) in [6.07, 6.45) is 4.93. The third kappa shape index (κ3) is 1.39. The fraction of sp³-hybridized carbons (Fsp3) is 0.500. The second kappa shape index (κ2) is 2.37. The quantitative estimate of drug-likeness (QED) is 0.389. The predicted octanol–water partition coefficient (Wildman–Crippen LogP) is 1.07. The van der Waals surface area contributed by atoms with Gasteiger partial charge in [-0.2, -0.15) is 0 Å². The molecular formula is C6H8OS. The van der Waals surface area contributed by atoms with Gasteiger partial charge in [0.25, 0.3) is 0 Å². The Kier molecular flexibility index (Phi) is 1.76. The smallest absolute Gasteiger partial charge is 0.0766 e. The Hall–Kier alpha value is -0.210. The third-order valence-electron chi connectivity index (χ3n) is 1.14. The van der Waals surface area contributed by atoms with E-state index in [-0.39, 0.29) is 6.10 Å². The van der Waals surface area contributed by atoms with E-state index in [0.717, 1.165) is 11.3 Å². The van der Waals surface area contributed by atoms with E-state index in [9.17, 15) is 0 Å². The monoisotopic (exact) mass is 128 g/mol. The first-order chi connectivity index (χ1) is 3.79. The molecule has 1 nitrogen and oxygen atoms in total. The largest absolute Gasteiger partial charge is 0.389 e. The zero-order valence-corrected chi connectivity index (χ0v) is 5.32. The molecule has 0 aromatic heterocycles. The lowest BCUT2D eigenvalue weighted by Gasteiger charge is -2.09. The summed E-state index contributed by atoms with van der Waals surface area (Å²) in [5.41, 5.74) is 0. The molecule has 0 radical (unpaired) electrons. The van der Waals surface area contributed by atoms with E-state index in [4.69, 9.17) is 17.3 Å². The fourth-order valence-electron chi connectivity index (χ4n) is 0.741. The molecule has 0 fully saturated rings. The van der Waals surface area contributed by atoms with Crippen molar-refractivity contribution in [3.63, 3.8) is 0 Å². The summed E-state index contributed by atoms with van der Waals surface area (Å²) in [5, 5.41) is 8.91. The zero-order chi connectivity index (χ0) is 5.98. The first-order valence-corrected chi connectivity index (χ1v) is 3.06. The highest BCUT2D eigenvalue weighted by atomic mass is 32.1. The van der Waals surface area contributed by atoms with E-state index in [0.29, 0.717) is 6.42 Å². The van der Waals surface area contributed by atoms with Crippen molar-refractivity contribution in [3.8, 4) is 0 Å². The van der Waals surface area contributed by atoms with Crippen LogP contribution in [0, 0.1) is 0 Å². The number of rotatable bonds is 0. The first-order valence-electron chi connectivity index (χ1n) is 2.65. The van der Waals surface area contributed by atoms with Gasteiger partial charge in [-0.05, 0) is 11.3 Å². The lowest BCUT2D eigenvalue weighted by molar-refractivity contribution is 0.230. The van der Waals surface area contributed by atoms with Crippen LogP contribution in [0.15, 0.2) is 12.2 Å². The van der Waals surface area contributed by atoms with E-state index in [1.165, 1.54) is 0 Å². The Morgan fingerprint density at radius 1 is 1.75 bits per heavy atom. The van der Waals surface area contributed by atoms with Crippen LogP contribution in [0.2, 0.25) is 0 Å². The Morgan fingerprint density at radius 2 is 2.50 bits per heavy atom. The molecule has 0 heterocycles. The molecule has 1 aliphatic carbocycles. The highest BCUT2D eigenvalue weighted by Gasteiger charge is 2.06. The maximum absolute atomic E-state index is 8.91. The maximum atomic E-state index is 8.91. The average Bonchev–Trinajstić information content (AvgIpc) is 1.64. The van der Waals surface area contributed by atoms with Crippen molar-refractivity contribution in [2.45, 2.75) is 18.9 Å². The molecule has 44 valence electrons. The van der Waals surface area contributed by atoms with Gasteiger partial charge < -0.3 is 5.11 Å². The molecule has 1 N–H and O–H groups in total. The standard InChI is InChI=1S/C6H8OS/c7-5-2-1-3-6(8)4-5/h1-2,5,7H,3-4H2. The van der Waals surface area contributed by atoms with Gasteiger partial charge >= 0.3 is 0 Å². The molecule has 0 aromatic carbocycles. The highest BCUT2D eigenvalue weighted by molar-refractivity contribution is 7.80. The van der Waals surface area contributed by atoms with Crippen LogP contribution in [0.1, 0.15) is 12.8 Å². The van der Waals surface area contributed by atoms with Crippen LogP contribution in [0.4, 0.5) is 0 Å². The van der Waals surface area contributed by atoms with Crippen LogP contribution >= 0.6 is 12.2 Å². The second-order valence-electron chi connectivity index (χ2n) is 1.94. The van der Waals surface area contributed by atoms with Crippen LogP contribution in [0.3, 0.4) is 0 Å². The minimum absolute atomic E-state index is 0.309. The summed E-state index contributed by atoms with van der Waals surface area (Å²) in [7, 11) is 0. The molecule has 0 saturated heterocycles. The summed E-state index contributed by atoms with van der Waals surface area (Å²) in [6, 6.07) is 0. The van der Waals surface area contributed by atoms with Gasteiger partial charge in [0.05, 0.1) is 6.10 Å². The lowest BCUT2D eigenvalue weighted by atomic mass is 10.1. The first kappa shape index (κ1) is 5.92. The van der Waals surface area contributed by atoms with Gasteiger partial charge in [0.15, 0.2) is 0 Å². The highest BCUT2D eigenvalue weighted by Crippen LogP contribution is 2.07. The van der Waals surface area contributed by atoms with Gasteiger partial charge in [0.2, 0.25) is 0 Å². The molecule has 0 bridgehead atoms. The Balaban J connectivity index is 2.54. The van der Waals surface area contributed by atoms with Crippen molar-refractivity contribution in [1.82, 2.24) is 0 Å². The lowest BCUT2D eigenvalue weighted by Crippen LogP contribution is -2.12. The molecule has 1 unspecified atom stereocenters. The van der Waals surface area contributed by atoms with Crippen molar-refractivity contribution in [2.75, 3.05) is 0 Å². The molecule has 0 amide bonds. The summed E-state index contributed by atoms with van der Waals surface area (Å²) in [6.45, 7) is 0. The Labute approximate surface area is 54.0 Å². The topological polar surface area (TPSA) is 20.2 Å². The van der Waals surface area contributed by atoms with Crippen LogP contribution in [0.25, 0.3) is 0 Å². The van der Waals surface area contributed by atoms with E-state index in [2.05, 4.69) is 0 Å². The Bertz CT molecular complexity index is 128. The number of hydrogen-bond acceptors (Lipinski definition) is 2. The minimum Gasteiger partial charge on any atom is -0.389 e. The molecule has 0 aliphatic heterocycles. The normalized spacial score (nSPS) is 28.6. The van der Waals surface area contributed by atoms with Gasteiger partial charge in [-0.25, -0.2) is 0 Å². The van der Waals surface area contributed by atoms with Gasteiger partial charge in [0.1, 0.15) is 0 Å². The number of aliphatic hydroxyl groups excluding tert-OH is 1. The molecule has 2 heteroatoms. The second-order valence-corrected chi connectivity index (χ2v) is 2.52. The fourth-order valence-corrected chi connectivity index (χ4v) is 1.01. The molecule has 1 aliphatic rings. The molecule has 0 aromatic rings. The van der Waals surface area contributed by atoms with Crippen molar-refractivity contribution in [2.24, 2.45) is 0 Å². The molecule has 1 atom stereocenters. The van der Waals surface area contributed by atoms with Gasteiger partial charge in [-0.15, -0.1) is 0 Å². The van der Waals surface area contributed by atoms with Gasteiger partial charge in [-0.3, -0.25) is 0 Å². The number of allylic oxidation sites excluding steroid dienone is 1. The summed E-state index contributed by atoms with van der Waals surface area (Å²) < 4.78 is 0. The van der Waals surface area contributed by atoms with Crippen molar-refractivity contribution in [3.05, 3.63) is 12.2 Å². The maximum Gasteiger partial charge on any atom is 0.0766 e. The predicted molar refractivity (Wildman–Crippen MR) is 37.0 cm³/mol.